The number of nitrogens with zero attached hydrogens (tertiary/aromatic N) is 2. The second-order valence-electron chi connectivity index (χ2n) is 9.71. The maximum absolute atomic E-state index is 13.5. The van der Waals surface area contributed by atoms with Gasteiger partial charge in [0.05, 0.1) is 5.41 Å². The molecule has 32 heavy (non-hydrogen) atoms. The quantitative estimate of drug-likeness (QED) is 0.768. The maximum Gasteiger partial charge on any atom is 0.329 e. The van der Waals surface area contributed by atoms with E-state index in [1.807, 2.05) is 67.6 Å². The van der Waals surface area contributed by atoms with E-state index in [1.54, 1.807) is 4.90 Å². The minimum absolute atomic E-state index is 0.0649. The molecular weight excluding hydrogens is 400 g/mol. The van der Waals surface area contributed by atoms with Gasteiger partial charge in [-0.25, -0.2) is 4.79 Å². The number of carbonyl (C=O) groups is 2. The summed E-state index contributed by atoms with van der Waals surface area (Å²) in [6.07, 6.45) is 6.86. The van der Waals surface area contributed by atoms with E-state index in [1.165, 1.54) is 10.5 Å². The molecule has 0 spiro atoms. The smallest absolute Gasteiger partial charge is 0.329 e. The van der Waals surface area contributed by atoms with Crippen molar-refractivity contribution in [3.8, 4) is 0 Å². The molecule has 3 fully saturated rings. The monoisotopic (exact) mass is 430 g/mol. The minimum Gasteiger partial charge on any atom is -0.369 e. The second-order valence-corrected chi connectivity index (χ2v) is 9.71. The molecule has 2 saturated heterocycles. The molecule has 2 aliphatic heterocycles. The lowest BCUT2D eigenvalue weighted by Crippen LogP contribution is -2.75. The lowest BCUT2D eigenvalue weighted by molar-refractivity contribution is -0.222. The van der Waals surface area contributed by atoms with E-state index < -0.39 is 11.1 Å². The van der Waals surface area contributed by atoms with Gasteiger partial charge in [0.15, 0.2) is 5.72 Å². The van der Waals surface area contributed by atoms with Gasteiger partial charge < -0.3 is 5.11 Å². The van der Waals surface area contributed by atoms with Crippen LogP contribution in [-0.2, 0) is 11.2 Å². The molecule has 0 aromatic heterocycles. The van der Waals surface area contributed by atoms with Crippen LogP contribution in [0.2, 0.25) is 0 Å². The number of hydrogen-bond donors (Lipinski definition) is 1. The highest BCUT2D eigenvalue weighted by atomic mass is 16.3. The van der Waals surface area contributed by atoms with Crippen LogP contribution >= 0.6 is 0 Å². The van der Waals surface area contributed by atoms with E-state index in [9.17, 15) is 14.7 Å². The summed E-state index contributed by atoms with van der Waals surface area (Å²) in [4.78, 5) is 29.9. The third-order valence-corrected chi connectivity index (χ3v) is 7.79. The molecule has 2 aromatic carbocycles. The molecule has 1 saturated carbocycles. The summed E-state index contributed by atoms with van der Waals surface area (Å²) < 4.78 is 0. The zero-order chi connectivity index (χ0) is 22.3. The summed E-state index contributed by atoms with van der Waals surface area (Å²) in [6.45, 7) is 2.53. The van der Waals surface area contributed by atoms with Crippen LogP contribution in [-0.4, -0.2) is 45.7 Å². The lowest BCUT2D eigenvalue weighted by Gasteiger charge is -2.58. The van der Waals surface area contributed by atoms with Gasteiger partial charge in [0.1, 0.15) is 0 Å². The molecule has 2 heterocycles. The zero-order valence-corrected chi connectivity index (χ0v) is 18.5. The molecule has 5 nitrogen and oxygen atoms in total. The van der Waals surface area contributed by atoms with Crippen molar-refractivity contribution in [1.82, 2.24) is 9.80 Å². The first-order valence-corrected chi connectivity index (χ1v) is 11.5. The fourth-order valence-corrected chi connectivity index (χ4v) is 6.11. The Kier molecular flexibility index (Phi) is 5.17. The van der Waals surface area contributed by atoms with Crippen molar-refractivity contribution in [2.24, 2.45) is 17.3 Å². The molecule has 5 rings (SSSR count). The van der Waals surface area contributed by atoms with Crippen molar-refractivity contribution >= 4 is 18.0 Å². The summed E-state index contributed by atoms with van der Waals surface area (Å²) in [5.74, 6) is -0.0447. The van der Waals surface area contributed by atoms with Crippen molar-refractivity contribution in [2.45, 2.75) is 38.3 Å². The van der Waals surface area contributed by atoms with E-state index >= 15 is 0 Å². The van der Waals surface area contributed by atoms with Gasteiger partial charge in [-0.3, -0.25) is 14.6 Å². The molecule has 0 unspecified atom stereocenters. The molecule has 1 aliphatic carbocycles. The van der Waals surface area contributed by atoms with Crippen LogP contribution in [0.5, 0.6) is 0 Å². The number of carbonyl (C=O) groups excluding carboxylic acids is 2. The van der Waals surface area contributed by atoms with Crippen LogP contribution in [0.25, 0.3) is 6.08 Å². The average molecular weight is 431 g/mol. The standard InChI is InChI=1S/C27H30N2O3/c1-26-15-14-23-18-22(17-21-11-6-3-7-12-21)19-29(27(23,26)32)25(31)28(24(26)30)16-8-13-20-9-4-2-5-10-20/h2-13,22-23,32H,14-19H2,1H3/b13-8+/t22-,23-,26+,27-/m0/s1. The Bertz CT molecular complexity index is 1040. The Morgan fingerprint density at radius 1 is 1.06 bits per heavy atom. The Hall–Kier alpha value is -2.92. The third kappa shape index (κ3) is 3.18. The number of hydrogen-bond acceptors (Lipinski definition) is 3. The summed E-state index contributed by atoms with van der Waals surface area (Å²) >= 11 is 0. The number of rotatable bonds is 5. The predicted molar refractivity (Wildman–Crippen MR) is 123 cm³/mol. The van der Waals surface area contributed by atoms with E-state index in [2.05, 4.69) is 12.1 Å². The van der Waals surface area contributed by atoms with Crippen LogP contribution in [0.4, 0.5) is 4.79 Å². The molecular formula is C27H30N2O3. The van der Waals surface area contributed by atoms with Gasteiger partial charge in [0.25, 0.3) is 0 Å². The first kappa shape index (κ1) is 21.0. The van der Waals surface area contributed by atoms with Gasteiger partial charge in [0.2, 0.25) is 5.91 Å². The number of imide groups is 1. The van der Waals surface area contributed by atoms with Crippen LogP contribution < -0.4 is 0 Å². The number of urea groups is 1. The van der Waals surface area contributed by atoms with Crippen LogP contribution in [0.15, 0.2) is 66.7 Å². The number of aliphatic hydroxyl groups is 1. The molecule has 4 atom stereocenters. The molecule has 166 valence electrons. The highest BCUT2D eigenvalue weighted by molar-refractivity contribution is 6.01. The van der Waals surface area contributed by atoms with Gasteiger partial charge in [-0.15, -0.1) is 0 Å². The van der Waals surface area contributed by atoms with E-state index in [-0.39, 0.29) is 30.3 Å². The summed E-state index contributed by atoms with van der Waals surface area (Å²) in [7, 11) is 0. The fraction of sp³-hybridized carbons (Fsp3) is 0.407. The summed E-state index contributed by atoms with van der Waals surface area (Å²) in [6, 6.07) is 19.8. The van der Waals surface area contributed by atoms with Crippen molar-refractivity contribution in [1.29, 1.82) is 0 Å². The predicted octanol–water partition coefficient (Wildman–Crippen LogP) is 4.33. The average Bonchev–Trinajstić information content (AvgIpc) is 3.08. The number of benzene rings is 2. The van der Waals surface area contributed by atoms with Gasteiger partial charge in [-0.2, -0.15) is 0 Å². The van der Waals surface area contributed by atoms with Crippen LogP contribution in [0, 0.1) is 17.3 Å². The van der Waals surface area contributed by atoms with Gasteiger partial charge in [-0.05, 0) is 49.7 Å². The molecule has 2 aromatic rings. The number of piperidine rings is 1. The molecule has 5 heteroatoms. The Morgan fingerprint density at radius 3 is 2.47 bits per heavy atom. The maximum atomic E-state index is 13.5. The van der Waals surface area contributed by atoms with Crippen molar-refractivity contribution in [2.75, 3.05) is 13.1 Å². The molecule has 0 radical (unpaired) electrons. The van der Waals surface area contributed by atoms with Crippen LogP contribution in [0.3, 0.4) is 0 Å². The third-order valence-electron chi connectivity index (χ3n) is 7.79. The highest BCUT2D eigenvalue weighted by Crippen LogP contribution is 2.59. The lowest BCUT2D eigenvalue weighted by atomic mass is 9.70. The topological polar surface area (TPSA) is 60.9 Å². The molecule has 1 N–H and O–H groups in total. The molecule has 3 amide bonds. The molecule has 0 bridgehead atoms. The van der Waals surface area contributed by atoms with Gasteiger partial charge in [0, 0.05) is 19.0 Å². The summed E-state index contributed by atoms with van der Waals surface area (Å²) in [5.41, 5.74) is -0.0708. The fourth-order valence-electron chi connectivity index (χ4n) is 6.11. The number of amides is 3. The first-order chi connectivity index (χ1) is 15.4. The normalized spacial score (nSPS) is 31.9. The van der Waals surface area contributed by atoms with Gasteiger partial charge in [-0.1, -0.05) is 72.8 Å². The van der Waals surface area contributed by atoms with E-state index in [0.29, 0.717) is 13.0 Å². The van der Waals surface area contributed by atoms with Crippen LogP contribution in [0.1, 0.15) is 37.3 Å². The van der Waals surface area contributed by atoms with Crippen molar-refractivity contribution < 1.29 is 14.7 Å². The highest BCUT2D eigenvalue weighted by Gasteiger charge is 2.70. The second kappa shape index (κ2) is 7.89. The molecule has 3 aliphatic rings. The Morgan fingerprint density at radius 2 is 1.75 bits per heavy atom. The largest absolute Gasteiger partial charge is 0.369 e. The Balaban J connectivity index is 1.40. The van der Waals surface area contributed by atoms with E-state index in [0.717, 1.165) is 24.8 Å². The van der Waals surface area contributed by atoms with E-state index in [4.69, 9.17) is 0 Å². The van der Waals surface area contributed by atoms with Crippen molar-refractivity contribution in [3.63, 3.8) is 0 Å². The summed E-state index contributed by atoms with van der Waals surface area (Å²) in [5, 5.41) is 11.8. The minimum atomic E-state index is -1.38. The van der Waals surface area contributed by atoms with Crippen molar-refractivity contribution in [3.05, 3.63) is 77.9 Å². The SMILES string of the molecule is C[C@@]12CC[C@H]3C[C@H](Cc4ccccc4)CN(C(=O)N(C/C=C/c4ccccc4)C1=O)[C@]32O. The zero-order valence-electron chi connectivity index (χ0n) is 18.5. The van der Waals surface area contributed by atoms with Gasteiger partial charge >= 0.3 is 6.03 Å². The first-order valence-electron chi connectivity index (χ1n) is 11.5. The Labute approximate surface area is 189 Å².